The van der Waals surface area contributed by atoms with Crippen molar-refractivity contribution in [2.45, 2.75) is 13.8 Å². The number of fused-ring (bicyclic) bond motifs is 1. The van der Waals surface area contributed by atoms with Crippen molar-refractivity contribution in [2.24, 2.45) is 0 Å². The van der Waals surface area contributed by atoms with Gasteiger partial charge >= 0.3 is 0 Å². The molecular formula is C19H18N6. The van der Waals surface area contributed by atoms with Crippen molar-refractivity contribution in [3.8, 4) is 16.9 Å². The average Bonchev–Trinajstić information content (AvgIpc) is 2.91. The molecule has 4 N–H and O–H groups in total. The molecule has 0 bridgehead atoms. The molecule has 6 nitrogen and oxygen atoms in total. The van der Waals surface area contributed by atoms with E-state index in [1.807, 2.05) is 66.9 Å². The van der Waals surface area contributed by atoms with E-state index in [1.165, 1.54) is 0 Å². The quantitative estimate of drug-likeness (QED) is 0.588. The second kappa shape index (κ2) is 5.59. The minimum Gasteiger partial charge on any atom is -0.369 e. The van der Waals surface area contributed by atoms with Gasteiger partial charge in [0.15, 0.2) is 5.65 Å². The highest BCUT2D eigenvalue weighted by atomic mass is 15.2. The molecule has 6 heteroatoms. The summed E-state index contributed by atoms with van der Waals surface area (Å²) in [5.41, 5.74) is 18.2. The highest BCUT2D eigenvalue weighted by Crippen LogP contribution is 2.32. The Kier molecular flexibility index (Phi) is 3.39. The van der Waals surface area contributed by atoms with Gasteiger partial charge in [-0.2, -0.15) is 4.98 Å². The standard InChI is InChI=1S/C19H18N6/c1-11-7-3-5-9-13(11)15-16-17(24-18(20)22-15)25(19(21)23-16)14-10-6-4-8-12(14)2/h3-10H,1-2H3,(H2,21,23)(H2,20,22,24). The Labute approximate surface area is 145 Å². The number of anilines is 2. The van der Waals surface area contributed by atoms with Gasteiger partial charge in [-0.3, -0.25) is 4.57 Å². The van der Waals surface area contributed by atoms with Gasteiger partial charge in [-0.1, -0.05) is 42.5 Å². The third-order valence-corrected chi connectivity index (χ3v) is 4.31. The molecule has 0 fully saturated rings. The smallest absolute Gasteiger partial charge is 0.222 e. The molecule has 0 atom stereocenters. The second-order valence-electron chi connectivity index (χ2n) is 6.01. The van der Waals surface area contributed by atoms with Gasteiger partial charge in [-0.25, -0.2) is 9.97 Å². The Morgan fingerprint density at radius 2 is 1.48 bits per heavy atom. The zero-order chi connectivity index (χ0) is 17.6. The van der Waals surface area contributed by atoms with E-state index < -0.39 is 0 Å². The molecule has 0 saturated heterocycles. The minimum atomic E-state index is 0.195. The van der Waals surface area contributed by atoms with Crippen LogP contribution in [0.5, 0.6) is 0 Å². The van der Waals surface area contributed by atoms with E-state index >= 15 is 0 Å². The number of aryl methyl sites for hydroxylation is 2. The van der Waals surface area contributed by atoms with Gasteiger partial charge in [0.2, 0.25) is 11.9 Å². The first-order valence-electron chi connectivity index (χ1n) is 7.99. The van der Waals surface area contributed by atoms with Crippen LogP contribution in [0.25, 0.3) is 28.1 Å². The van der Waals surface area contributed by atoms with Crippen LogP contribution in [-0.4, -0.2) is 19.5 Å². The second-order valence-corrected chi connectivity index (χ2v) is 6.01. The Morgan fingerprint density at radius 1 is 0.800 bits per heavy atom. The Morgan fingerprint density at radius 3 is 2.20 bits per heavy atom. The molecule has 0 radical (unpaired) electrons. The molecule has 2 aromatic heterocycles. The molecule has 0 spiro atoms. The number of nitrogens with two attached hydrogens (primary N) is 2. The van der Waals surface area contributed by atoms with E-state index in [0.717, 1.165) is 22.4 Å². The third-order valence-electron chi connectivity index (χ3n) is 4.31. The van der Waals surface area contributed by atoms with Crippen molar-refractivity contribution in [2.75, 3.05) is 11.5 Å². The molecule has 0 aliphatic carbocycles. The van der Waals surface area contributed by atoms with Crippen molar-refractivity contribution >= 4 is 23.1 Å². The molecule has 0 amide bonds. The van der Waals surface area contributed by atoms with E-state index in [0.29, 0.717) is 22.8 Å². The van der Waals surface area contributed by atoms with E-state index in [2.05, 4.69) is 15.0 Å². The Hall–Kier alpha value is -3.41. The summed E-state index contributed by atoms with van der Waals surface area (Å²) in [4.78, 5) is 13.4. The molecule has 2 aromatic carbocycles. The van der Waals surface area contributed by atoms with Gasteiger partial charge in [0.25, 0.3) is 0 Å². The van der Waals surface area contributed by atoms with Gasteiger partial charge in [0, 0.05) is 5.56 Å². The first kappa shape index (κ1) is 15.1. The summed E-state index contributed by atoms with van der Waals surface area (Å²) in [5.74, 6) is 0.555. The van der Waals surface area contributed by atoms with Gasteiger partial charge in [0.05, 0.1) is 5.69 Å². The van der Waals surface area contributed by atoms with Gasteiger partial charge in [0.1, 0.15) is 11.2 Å². The van der Waals surface area contributed by atoms with Crippen LogP contribution >= 0.6 is 0 Å². The van der Waals surface area contributed by atoms with Crippen LogP contribution in [0, 0.1) is 13.8 Å². The summed E-state index contributed by atoms with van der Waals surface area (Å²) in [6.45, 7) is 4.05. The van der Waals surface area contributed by atoms with Crippen molar-refractivity contribution in [1.29, 1.82) is 0 Å². The number of para-hydroxylation sites is 1. The summed E-state index contributed by atoms with van der Waals surface area (Å²) in [7, 11) is 0. The monoisotopic (exact) mass is 330 g/mol. The van der Waals surface area contributed by atoms with Crippen LogP contribution in [0.3, 0.4) is 0 Å². The summed E-state index contributed by atoms with van der Waals surface area (Å²) in [6.07, 6.45) is 0. The van der Waals surface area contributed by atoms with Crippen LogP contribution in [-0.2, 0) is 0 Å². The fraction of sp³-hybridized carbons (Fsp3) is 0.105. The maximum absolute atomic E-state index is 6.23. The molecule has 0 aliphatic rings. The summed E-state index contributed by atoms with van der Waals surface area (Å²) >= 11 is 0. The van der Waals surface area contributed by atoms with Crippen LogP contribution in [0.15, 0.2) is 48.5 Å². The molecule has 4 rings (SSSR count). The van der Waals surface area contributed by atoms with E-state index in [-0.39, 0.29) is 5.95 Å². The molecular weight excluding hydrogens is 312 g/mol. The lowest BCUT2D eigenvalue weighted by molar-refractivity contribution is 1.06. The normalized spacial score (nSPS) is 11.1. The predicted octanol–water partition coefficient (Wildman–Crippen LogP) is 3.26. The maximum atomic E-state index is 6.23. The van der Waals surface area contributed by atoms with Crippen LogP contribution in [0.2, 0.25) is 0 Å². The SMILES string of the molecule is Cc1ccccc1-c1nc(N)nc2c1nc(N)n2-c1ccccc1C. The molecule has 0 aliphatic heterocycles. The first-order valence-corrected chi connectivity index (χ1v) is 7.99. The number of hydrogen-bond acceptors (Lipinski definition) is 5. The Balaban J connectivity index is 2.08. The lowest BCUT2D eigenvalue weighted by atomic mass is 10.1. The summed E-state index contributed by atoms with van der Waals surface area (Å²) in [6, 6.07) is 15.9. The molecule has 4 aromatic rings. The minimum absolute atomic E-state index is 0.195. The average molecular weight is 330 g/mol. The Bertz CT molecular complexity index is 1100. The summed E-state index contributed by atoms with van der Waals surface area (Å²) in [5, 5.41) is 0. The van der Waals surface area contributed by atoms with Crippen LogP contribution < -0.4 is 11.5 Å². The van der Waals surface area contributed by atoms with Crippen molar-refractivity contribution in [3.05, 3.63) is 59.7 Å². The van der Waals surface area contributed by atoms with Crippen LogP contribution in [0.4, 0.5) is 11.9 Å². The maximum Gasteiger partial charge on any atom is 0.222 e. The fourth-order valence-electron chi connectivity index (χ4n) is 3.07. The number of benzene rings is 2. The molecule has 0 unspecified atom stereocenters. The number of imidazole rings is 1. The highest BCUT2D eigenvalue weighted by molar-refractivity contribution is 5.92. The van der Waals surface area contributed by atoms with Crippen molar-refractivity contribution in [1.82, 2.24) is 19.5 Å². The lowest BCUT2D eigenvalue weighted by Gasteiger charge is -2.10. The first-order chi connectivity index (χ1) is 12.1. The topological polar surface area (TPSA) is 95.6 Å². The molecule has 2 heterocycles. The van der Waals surface area contributed by atoms with Crippen molar-refractivity contribution in [3.63, 3.8) is 0 Å². The van der Waals surface area contributed by atoms with Crippen LogP contribution in [0.1, 0.15) is 11.1 Å². The molecule has 124 valence electrons. The van der Waals surface area contributed by atoms with E-state index in [4.69, 9.17) is 11.5 Å². The zero-order valence-corrected chi connectivity index (χ0v) is 14.1. The molecule has 25 heavy (non-hydrogen) atoms. The van der Waals surface area contributed by atoms with Gasteiger partial charge in [-0.15, -0.1) is 0 Å². The number of nitrogens with zero attached hydrogens (tertiary/aromatic N) is 4. The number of rotatable bonds is 2. The predicted molar refractivity (Wildman–Crippen MR) is 100 cm³/mol. The van der Waals surface area contributed by atoms with Gasteiger partial charge < -0.3 is 11.5 Å². The number of nitrogen functional groups attached to an aromatic ring is 2. The number of hydrogen-bond donors (Lipinski definition) is 2. The van der Waals surface area contributed by atoms with E-state index in [9.17, 15) is 0 Å². The largest absolute Gasteiger partial charge is 0.369 e. The van der Waals surface area contributed by atoms with Crippen molar-refractivity contribution < 1.29 is 0 Å². The highest BCUT2D eigenvalue weighted by Gasteiger charge is 2.19. The van der Waals surface area contributed by atoms with E-state index in [1.54, 1.807) is 0 Å². The van der Waals surface area contributed by atoms with Gasteiger partial charge in [-0.05, 0) is 31.0 Å². The zero-order valence-electron chi connectivity index (χ0n) is 14.1. The fourth-order valence-corrected chi connectivity index (χ4v) is 3.07. The third kappa shape index (κ3) is 2.39. The summed E-state index contributed by atoms with van der Waals surface area (Å²) < 4.78 is 1.82. The lowest BCUT2D eigenvalue weighted by Crippen LogP contribution is -2.05. The number of aromatic nitrogens is 4. The molecule has 0 saturated carbocycles.